The van der Waals surface area contributed by atoms with Crippen molar-refractivity contribution in [2.75, 3.05) is 54.4 Å². The number of halogens is 1. The quantitative estimate of drug-likeness (QED) is 0.0163. The number of Topliss-reactive ketones (excluding diaryl/α,β-unsaturated/α-hetero) is 1. The van der Waals surface area contributed by atoms with Crippen LogP contribution in [0.3, 0.4) is 0 Å². The van der Waals surface area contributed by atoms with Crippen LogP contribution >= 0.6 is 10.7 Å². The number of hydrogen-bond acceptors (Lipinski definition) is 17. The van der Waals surface area contributed by atoms with Crippen LogP contribution < -0.4 is 43.4 Å². The SMILES string of the molecule is CNC(C=O)CCC(=O)OC(C)(C)C.CNC(CCC(=O)O)CNC1c2ccccc2CCc2ccccc21.CNC(CCC(C)=O)CNC1c2ccccc2CCc2ccccc21.CNC1CCC(=O)N(C2c3ccccc3CCc3ccccc32)C1.Cc1ccc(S(=O)(=O)Cl)cc1.NC1CCC(=O)N(C2c3ccccc3CCc3ccccc32)C1.NC1c2ccccc2CCc2ccccc21. The van der Waals surface area contributed by atoms with Crippen molar-refractivity contribution in [3.05, 3.63) is 384 Å². The third-order valence-electron chi connectivity index (χ3n) is 27.3. The number of ether oxygens (including phenoxy) is 1. The minimum Gasteiger partial charge on any atom is -0.481 e. The monoisotopic (exact) mass is 1900 g/mol. The molecule has 18 rings (SSSR count). The van der Waals surface area contributed by atoms with Crippen LogP contribution in [-0.4, -0.2) is 149 Å². The first-order valence-electron chi connectivity index (χ1n) is 49.1. The van der Waals surface area contributed by atoms with E-state index in [4.69, 9.17) is 32.0 Å². The molecule has 2 saturated heterocycles. The molecule has 138 heavy (non-hydrogen) atoms. The number of carbonyl (C=O) groups excluding carboxylic acids is 5. The lowest BCUT2D eigenvalue weighted by molar-refractivity contribution is -0.155. The van der Waals surface area contributed by atoms with Gasteiger partial charge in [-0.15, -0.1) is 0 Å². The molecule has 5 aliphatic carbocycles. The van der Waals surface area contributed by atoms with Crippen LogP contribution in [0.1, 0.15) is 239 Å². The molecule has 7 aliphatic rings. The molecule has 728 valence electrons. The van der Waals surface area contributed by atoms with Crippen molar-refractivity contribution in [1.29, 1.82) is 0 Å². The number of nitrogens with two attached hydrogens (primary N) is 2. The van der Waals surface area contributed by atoms with E-state index in [-0.39, 0.29) is 89.6 Å². The zero-order chi connectivity index (χ0) is 98.3. The van der Waals surface area contributed by atoms with Crippen molar-refractivity contribution in [2.45, 2.75) is 234 Å². The van der Waals surface area contributed by atoms with Gasteiger partial charge in [-0.3, -0.25) is 19.2 Å². The molecule has 5 unspecified atom stereocenters. The minimum atomic E-state index is -3.55. The molecular formula is C116H141ClN10O10S. The number of piperidine rings is 2. The van der Waals surface area contributed by atoms with Gasteiger partial charge in [0.05, 0.1) is 41.1 Å². The third kappa shape index (κ3) is 29.6. The number of esters is 1. The Morgan fingerprint density at radius 2 is 0.746 bits per heavy atom. The highest BCUT2D eigenvalue weighted by Crippen LogP contribution is 2.42. The Bertz CT molecular complexity index is 5620. The van der Waals surface area contributed by atoms with Gasteiger partial charge in [-0.05, 0) is 283 Å². The van der Waals surface area contributed by atoms with Crippen molar-refractivity contribution in [3.8, 4) is 0 Å². The van der Waals surface area contributed by atoms with Gasteiger partial charge in [0, 0.05) is 93.1 Å². The molecule has 2 heterocycles. The zero-order valence-electron chi connectivity index (χ0n) is 81.7. The largest absolute Gasteiger partial charge is 0.481 e. The van der Waals surface area contributed by atoms with E-state index in [9.17, 15) is 37.2 Å². The van der Waals surface area contributed by atoms with E-state index in [0.717, 1.165) is 115 Å². The average Bonchev–Trinajstić information content (AvgIpc) is 1.40. The van der Waals surface area contributed by atoms with E-state index in [1.54, 1.807) is 26.1 Å². The zero-order valence-corrected chi connectivity index (χ0v) is 83.3. The number of carboxylic acids is 1. The summed E-state index contributed by atoms with van der Waals surface area (Å²) in [6, 6.07) is 93.7. The van der Waals surface area contributed by atoms with Gasteiger partial charge < -0.3 is 72.6 Å². The van der Waals surface area contributed by atoms with Crippen LogP contribution in [0.15, 0.2) is 272 Å². The minimum absolute atomic E-state index is 0.00347. The van der Waals surface area contributed by atoms with Gasteiger partial charge in [0.15, 0.2) is 0 Å². The summed E-state index contributed by atoms with van der Waals surface area (Å²) < 4.78 is 26.5. The topological polar surface area (TPSA) is 297 Å². The number of rotatable bonds is 23. The highest BCUT2D eigenvalue weighted by atomic mass is 35.7. The summed E-state index contributed by atoms with van der Waals surface area (Å²) in [5, 5.41) is 29.1. The van der Waals surface area contributed by atoms with Gasteiger partial charge >= 0.3 is 11.9 Å². The van der Waals surface area contributed by atoms with E-state index in [1.165, 1.54) is 123 Å². The number of carboxylic acid groups (broad SMARTS) is 1. The highest BCUT2D eigenvalue weighted by Gasteiger charge is 2.38. The average molecular weight is 1900 g/mol. The molecule has 0 radical (unpaired) electrons. The molecule has 2 aliphatic heterocycles. The number of carbonyl (C=O) groups is 6. The summed E-state index contributed by atoms with van der Waals surface area (Å²) in [6.07, 6.45) is 17.4. The molecular weight excluding hydrogens is 1760 g/mol. The number of nitrogens with zero attached hydrogens (tertiary/aromatic N) is 2. The highest BCUT2D eigenvalue weighted by molar-refractivity contribution is 8.13. The van der Waals surface area contributed by atoms with Crippen LogP contribution in [0, 0.1) is 6.92 Å². The standard InChI is InChI=1S/C22H28N2O.C21H26N2O2.C21H24N2O.C20H22N2O.C15H15N.C10H19NO3.C7H7ClO2S/c1-16(25)11-14-19(23-2)15-24-22-20-9-5-3-7-17(20)12-13-18-8-4-6-10-21(18)22;1-22-17(12-13-20(24)25)14-23-21-18-8-4-2-6-15(18)10-11-16-7-3-5-9-19(16)21;1-22-17-12-13-20(24)23(14-17)21-18-8-4-2-6-15(18)10-11-16-7-3-5-9-19(16)21;21-16-11-12-19(23)22(13-16)20-17-7-3-1-5-14(17)9-10-15-6-2-4-8-18(15)20;16-15-13-7-3-1-5-11(13)9-10-12-6-2-4-8-14(12)15;1-10(2,3)14-9(13)6-5-8(7-12)11-4;1-6-2-4-7(5-3-6)11(8,9)10/h3-10,19,22-24H,11-15H2,1-2H3;2-9,17,21-23H,10-14H2,1H3,(H,24,25);2-9,17,21-22H,10-14H2,1H3;1-8,16,20H,9-13,21H2;1-8,15H,9-10,16H2;7-8,11H,5-6H2,1-4H3;2-5H,1H3. The number of ketones is 1. The molecule has 2 amide bonds. The maximum atomic E-state index is 12.8. The second kappa shape index (κ2) is 52.0. The predicted molar refractivity (Wildman–Crippen MR) is 554 cm³/mol. The maximum absolute atomic E-state index is 12.8. The number of hydrogen-bond donors (Lipinski definition) is 9. The van der Waals surface area contributed by atoms with E-state index >= 15 is 0 Å². The van der Waals surface area contributed by atoms with Crippen LogP contribution in [0.5, 0.6) is 0 Å². The maximum Gasteiger partial charge on any atom is 0.306 e. The lowest BCUT2D eigenvalue weighted by Gasteiger charge is -2.39. The Morgan fingerprint density at radius 3 is 1.06 bits per heavy atom. The molecule has 0 saturated carbocycles. The first-order valence-corrected chi connectivity index (χ1v) is 51.4. The Morgan fingerprint density at radius 1 is 0.435 bits per heavy atom. The van der Waals surface area contributed by atoms with E-state index in [0.29, 0.717) is 50.7 Å². The van der Waals surface area contributed by atoms with Gasteiger partial charge in [0.2, 0.25) is 11.8 Å². The number of likely N-dealkylation sites (N-methyl/N-ethyl adjacent to an activating group) is 4. The van der Waals surface area contributed by atoms with Gasteiger partial charge in [-0.25, -0.2) is 8.42 Å². The second-order valence-corrected chi connectivity index (χ2v) is 40.5. The molecule has 0 bridgehead atoms. The van der Waals surface area contributed by atoms with Gasteiger partial charge in [0.25, 0.3) is 9.05 Å². The van der Waals surface area contributed by atoms with Gasteiger partial charge in [-0.2, -0.15) is 0 Å². The number of benzene rings is 11. The lowest BCUT2D eigenvalue weighted by atomic mass is 9.91. The van der Waals surface area contributed by atoms with E-state index in [1.807, 2.05) is 53.7 Å². The number of amides is 2. The van der Waals surface area contributed by atoms with Crippen molar-refractivity contribution in [3.63, 3.8) is 0 Å². The molecule has 11 aromatic carbocycles. The number of fused-ring (bicyclic) bond motifs is 10. The fraction of sp³-hybridized carbons (Fsp3) is 0.379. The molecule has 11 N–H and O–H groups in total. The fourth-order valence-corrected chi connectivity index (χ4v) is 20.5. The molecule has 20 nitrogen and oxygen atoms in total. The van der Waals surface area contributed by atoms with Crippen LogP contribution in [0.25, 0.3) is 0 Å². The van der Waals surface area contributed by atoms with Crippen molar-refractivity contribution in [1.82, 2.24) is 41.7 Å². The van der Waals surface area contributed by atoms with Gasteiger partial charge in [0.1, 0.15) is 17.7 Å². The van der Waals surface area contributed by atoms with Crippen molar-refractivity contribution in [2.24, 2.45) is 11.5 Å². The second-order valence-electron chi connectivity index (χ2n) is 37.9. The summed E-state index contributed by atoms with van der Waals surface area (Å²) in [6.45, 7) is 12.0. The lowest BCUT2D eigenvalue weighted by Crippen LogP contribution is -2.49. The number of aldehydes is 1. The number of aliphatic carboxylic acids is 1. The summed E-state index contributed by atoms with van der Waals surface area (Å²) in [4.78, 5) is 73.5. The first kappa shape index (κ1) is 105. The normalized spacial score (nSPS) is 16.8. The predicted octanol–water partition coefficient (Wildman–Crippen LogP) is 17.9. The van der Waals surface area contributed by atoms with Crippen LogP contribution in [0.4, 0.5) is 0 Å². The molecule has 11 aromatic rings. The molecule has 0 spiro atoms. The summed E-state index contributed by atoms with van der Waals surface area (Å²) in [5.41, 5.74) is 40.1. The van der Waals surface area contributed by atoms with E-state index in [2.05, 4.69) is 279 Å². The summed E-state index contributed by atoms with van der Waals surface area (Å²) in [7, 11) is 9.08. The Labute approximate surface area is 822 Å². The number of aryl methyl sites for hydroxylation is 11. The fourth-order valence-electron chi connectivity index (χ4n) is 19.8. The van der Waals surface area contributed by atoms with Crippen LogP contribution in [-0.2, 0) is 107 Å². The van der Waals surface area contributed by atoms with Crippen molar-refractivity contribution >= 4 is 55.6 Å². The summed E-state index contributed by atoms with van der Waals surface area (Å²) in [5.74, 6) is -0.253. The Kier molecular flexibility index (Phi) is 39.7. The summed E-state index contributed by atoms with van der Waals surface area (Å²) >= 11 is 0. The molecule has 5 atom stereocenters. The number of nitrogens with one attached hydrogen (secondary N) is 6. The molecule has 22 heteroatoms. The third-order valence-corrected chi connectivity index (χ3v) is 28.7. The van der Waals surface area contributed by atoms with E-state index < -0.39 is 20.6 Å². The Balaban J connectivity index is 0.000000147. The molecule has 0 aromatic heterocycles. The van der Waals surface area contributed by atoms with Crippen molar-refractivity contribution < 1.29 is 47.0 Å². The van der Waals surface area contributed by atoms with Crippen LogP contribution in [0.2, 0.25) is 0 Å². The first-order chi connectivity index (χ1) is 66.6. The Hall–Kier alpha value is -11.4. The number of likely N-dealkylation sites (tertiary alicyclic amines) is 2. The molecule has 2 fully saturated rings. The van der Waals surface area contributed by atoms with Gasteiger partial charge in [-0.1, -0.05) is 260 Å². The smallest absolute Gasteiger partial charge is 0.306 e.